The van der Waals surface area contributed by atoms with E-state index in [1.54, 1.807) is 18.2 Å². The molecule has 1 aromatic heterocycles. The van der Waals surface area contributed by atoms with E-state index in [0.29, 0.717) is 36.0 Å². The summed E-state index contributed by atoms with van der Waals surface area (Å²) in [6.45, 7) is 2.92. The van der Waals surface area contributed by atoms with E-state index in [1.807, 2.05) is 31.2 Å². The van der Waals surface area contributed by atoms with Crippen LogP contribution in [0.1, 0.15) is 21.7 Å². The van der Waals surface area contributed by atoms with Gasteiger partial charge in [-0.2, -0.15) is 0 Å². The highest BCUT2D eigenvalue weighted by Gasteiger charge is 2.21. The zero-order chi connectivity index (χ0) is 15.1. The number of ketones is 1. The van der Waals surface area contributed by atoms with E-state index >= 15 is 0 Å². The molecule has 2 aromatic carbocycles. The lowest BCUT2D eigenvalue weighted by Crippen LogP contribution is -2.15. The van der Waals surface area contributed by atoms with Crippen molar-refractivity contribution in [2.24, 2.45) is 0 Å². The van der Waals surface area contributed by atoms with E-state index in [2.05, 4.69) is 0 Å². The van der Waals surface area contributed by atoms with Crippen LogP contribution in [-0.4, -0.2) is 19.0 Å². The predicted molar refractivity (Wildman–Crippen MR) is 81.8 cm³/mol. The summed E-state index contributed by atoms with van der Waals surface area (Å²) in [5.41, 5.74) is 2.11. The number of furan rings is 1. The van der Waals surface area contributed by atoms with Crippen LogP contribution in [0.5, 0.6) is 11.5 Å². The smallest absolute Gasteiger partial charge is 0.228 e. The zero-order valence-corrected chi connectivity index (χ0v) is 12.1. The van der Waals surface area contributed by atoms with Crippen LogP contribution < -0.4 is 9.47 Å². The van der Waals surface area contributed by atoms with Gasteiger partial charge in [-0.05, 0) is 31.2 Å². The highest BCUT2D eigenvalue weighted by Crippen LogP contribution is 2.33. The fourth-order valence-corrected chi connectivity index (χ4v) is 2.71. The van der Waals surface area contributed by atoms with Gasteiger partial charge in [0, 0.05) is 16.5 Å². The summed E-state index contributed by atoms with van der Waals surface area (Å²) in [6, 6.07) is 12.9. The van der Waals surface area contributed by atoms with Gasteiger partial charge < -0.3 is 13.9 Å². The molecule has 4 heteroatoms. The normalized spacial score (nSPS) is 13.3. The topological polar surface area (TPSA) is 48.7 Å². The number of ether oxygens (including phenoxy) is 2. The molecule has 0 radical (unpaired) electrons. The van der Waals surface area contributed by atoms with Crippen molar-refractivity contribution in [3.63, 3.8) is 0 Å². The maximum Gasteiger partial charge on any atom is 0.228 e. The standard InChI is InChI=1S/C18H14O4/c1-11-13-4-2-3-5-14(13)22-18(11)17(19)12-6-7-15-16(10-12)21-9-8-20-15/h2-7,10H,8-9H2,1H3. The molecule has 1 aliphatic rings. The molecule has 4 nitrogen and oxygen atoms in total. The van der Waals surface area contributed by atoms with Gasteiger partial charge in [0.15, 0.2) is 17.3 Å². The summed E-state index contributed by atoms with van der Waals surface area (Å²) < 4.78 is 16.7. The van der Waals surface area contributed by atoms with Crippen LogP contribution in [0.25, 0.3) is 11.0 Å². The summed E-state index contributed by atoms with van der Waals surface area (Å²) in [4.78, 5) is 12.7. The van der Waals surface area contributed by atoms with Crippen molar-refractivity contribution < 1.29 is 18.7 Å². The second-order valence-corrected chi connectivity index (χ2v) is 5.24. The molecule has 3 aromatic rings. The van der Waals surface area contributed by atoms with Crippen molar-refractivity contribution >= 4 is 16.8 Å². The number of carbonyl (C=O) groups excluding carboxylic acids is 1. The van der Waals surface area contributed by atoms with E-state index in [0.717, 1.165) is 16.5 Å². The van der Waals surface area contributed by atoms with E-state index < -0.39 is 0 Å². The molecule has 2 heterocycles. The predicted octanol–water partition coefficient (Wildman–Crippen LogP) is 3.74. The molecule has 4 rings (SSSR count). The summed E-state index contributed by atoms with van der Waals surface area (Å²) in [7, 11) is 0. The van der Waals surface area contributed by atoms with Gasteiger partial charge in [0.05, 0.1) is 0 Å². The molecular weight excluding hydrogens is 280 g/mol. The molecule has 0 aliphatic carbocycles. The fraction of sp³-hybridized carbons (Fsp3) is 0.167. The van der Waals surface area contributed by atoms with Crippen LogP contribution in [0.15, 0.2) is 46.9 Å². The number of fused-ring (bicyclic) bond motifs is 2. The second kappa shape index (κ2) is 4.91. The van der Waals surface area contributed by atoms with Gasteiger partial charge in [0.2, 0.25) is 5.78 Å². The van der Waals surface area contributed by atoms with E-state index in [1.165, 1.54) is 0 Å². The molecule has 0 fully saturated rings. The van der Waals surface area contributed by atoms with Gasteiger partial charge >= 0.3 is 0 Å². The van der Waals surface area contributed by atoms with E-state index in [9.17, 15) is 4.79 Å². The Morgan fingerprint density at radius 2 is 1.77 bits per heavy atom. The van der Waals surface area contributed by atoms with Crippen LogP contribution in [0.2, 0.25) is 0 Å². The van der Waals surface area contributed by atoms with Crippen molar-refractivity contribution in [2.45, 2.75) is 6.92 Å². The molecule has 0 atom stereocenters. The minimum atomic E-state index is -0.148. The lowest BCUT2D eigenvalue weighted by atomic mass is 10.0. The minimum absolute atomic E-state index is 0.148. The quantitative estimate of drug-likeness (QED) is 0.675. The fourth-order valence-electron chi connectivity index (χ4n) is 2.71. The lowest BCUT2D eigenvalue weighted by molar-refractivity contribution is 0.101. The maximum atomic E-state index is 12.7. The van der Waals surface area contributed by atoms with Crippen molar-refractivity contribution in [3.05, 3.63) is 59.4 Å². The Balaban J connectivity index is 1.78. The zero-order valence-electron chi connectivity index (χ0n) is 12.1. The molecule has 0 amide bonds. The Kier molecular flexibility index (Phi) is 2.89. The van der Waals surface area contributed by atoms with E-state index in [4.69, 9.17) is 13.9 Å². The first-order valence-electron chi connectivity index (χ1n) is 7.16. The molecule has 0 bridgehead atoms. The van der Waals surface area contributed by atoms with Crippen LogP contribution >= 0.6 is 0 Å². The number of para-hydroxylation sites is 1. The third-order valence-corrected chi connectivity index (χ3v) is 3.85. The Labute approximate surface area is 127 Å². The van der Waals surface area contributed by atoms with Crippen molar-refractivity contribution in [1.29, 1.82) is 0 Å². The van der Waals surface area contributed by atoms with Crippen LogP contribution in [0.3, 0.4) is 0 Å². The first-order chi connectivity index (χ1) is 10.7. The summed E-state index contributed by atoms with van der Waals surface area (Å²) >= 11 is 0. The van der Waals surface area contributed by atoms with Gasteiger partial charge in [-0.3, -0.25) is 4.79 Å². The number of hydrogen-bond donors (Lipinski definition) is 0. The largest absolute Gasteiger partial charge is 0.486 e. The molecule has 110 valence electrons. The van der Waals surface area contributed by atoms with Gasteiger partial charge in [-0.15, -0.1) is 0 Å². The first-order valence-corrected chi connectivity index (χ1v) is 7.16. The third kappa shape index (κ3) is 1.96. The molecule has 0 saturated heterocycles. The van der Waals surface area contributed by atoms with Crippen molar-refractivity contribution in [3.8, 4) is 11.5 Å². The van der Waals surface area contributed by atoms with Crippen LogP contribution in [0.4, 0.5) is 0 Å². The number of rotatable bonds is 2. The minimum Gasteiger partial charge on any atom is -0.486 e. The third-order valence-electron chi connectivity index (χ3n) is 3.85. The van der Waals surface area contributed by atoms with Crippen LogP contribution in [-0.2, 0) is 0 Å². The number of hydrogen-bond acceptors (Lipinski definition) is 4. The molecule has 22 heavy (non-hydrogen) atoms. The summed E-state index contributed by atoms with van der Waals surface area (Å²) in [5, 5.41) is 0.961. The van der Waals surface area contributed by atoms with Crippen LogP contribution in [0, 0.1) is 6.92 Å². The van der Waals surface area contributed by atoms with Gasteiger partial charge in [0.1, 0.15) is 18.8 Å². The second-order valence-electron chi connectivity index (χ2n) is 5.24. The van der Waals surface area contributed by atoms with Gasteiger partial charge in [0.25, 0.3) is 0 Å². The number of aryl methyl sites for hydroxylation is 1. The molecule has 0 N–H and O–H groups in total. The molecule has 0 unspecified atom stereocenters. The first kappa shape index (κ1) is 13.0. The van der Waals surface area contributed by atoms with Crippen molar-refractivity contribution in [2.75, 3.05) is 13.2 Å². The average Bonchev–Trinajstić information content (AvgIpc) is 2.91. The monoisotopic (exact) mass is 294 g/mol. The molecular formula is C18H14O4. The Morgan fingerprint density at radius 3 is 2.59 bits per heavy atom. The van der Waals surface area contributed by atoms with Gasteiger partial charge in [-0.1, -0.05) is 18.2 Å². The Bertz CT molecular complexity index is 876. The SMILES string of the molecule is Cc1c(C(=O)c2ccc3c(c2)OCCO3)oc2ccccc12. The number of benzene rings is 2. The van der Waals surface area contributed by atoms with Gasteiger partial charge in [-0.25, -0.2) is 0 Å². The van der Waals surface area contributed by atoms with E-state index in [-0.39, 0.29) is 5.78 Å². The Morgan fingerprint density at radius 1 is 1.00 bits per heavy atom. The molecule has 1 aliphatic heterocycles. The lowest BCUT2D eigenvalue weighted by Gasteiger charge is -2.18. The maximum absolute atomic E-state index is 12.7. The molecule has 0 spiro atoms. The Hall–Kier alpha value is -2.75. The highest BCUT2D eigenvalue weighted by molar-refractivity contribution is 6.10. The average molecular weight is 294 g/mol. The highest BCUT2D eigenvalue weighted by atomic mass is 16.6. The molecule has 0 saturated carbocycles. The number of carbonyl (C=O) groups is 1. The van der Waals surface area contributed by atoms with Crippen molar-refractivity contribution in [1.82, 2.24) is 0 Å². The summed E-state index contributed by atoms with van der Waals surface area (Å²) in [6.07, 6.45) is 0. The summed E-state index contributed by atoms with van der Waals surface area (Å²) in [5.74, 6) is 1.50.